The topological polar surface area (TPSA) is 38.3 Å². The number of benzene rings is 2. The van der Waals surface area contributed by atoms with Crippen LogP contribution in [0.1, 0.15) is 36.7 Å². The summed E-state index contributed by atoms with van der Waals surface area (Å²) >= 11 is 8.53. The zero-order valence-corrected chi connectivity index (χ0v) is 16.9. The van der Waals surface area contributed by atoms with Gasteiger partial charge < -0.3 is 10.1 Å². The maximum Gasteiger partial charge on any atom is 0.255 e. The van der Waals surface area contributed by atoms with Crippen molar-refractivity contribution in [3.8, 4) is 0 Å². The molecule has 26 heavy (non-hydrogen) atoms. The van der Waals surface area contributed by atoms with Gasteiger partial charge in [0.25, 0.3) is 5.91 Å². The SMILES string of the molecule is CC(C)(C)OC(=S)Cc1cc(NC(=O)c2cccc(F)c2)c(F)cc1Br. The molecule has 0 spiro atoms. The van der Waals surface area contributed by atoms with Gasteiger partial charge >= 0.3 is 0 Å². The van der Waals surface area contributed by atoms with Crippen molar-refractivity contribution in [1.29, 1.82) is 0 Å². The highest BCUT2D eigenvalue weighted by Gasteiger charge is 2.17. The van der Waals surface area contributed by atoms with E-state index < -0.39 is 23.1 Å². The Kier molecular flexibility index (Phi) is 6.47. The van der Waals surface area contributed by atoms with E-state index in [2.05, 4.69) is 21.2 Å². The average molecular weight is 442 g/mol. The number of hydrogen-bond donors (Lipinski definition) is 1. The van der Waals surface area contributed by atoms with Crippen molar-refractivity contribution in [3.05, 3.63) is 63.6 Å². The van der Waals surface area contributed by atoms with Crippen LogP contribution in [0.3, 0.4) is 0 Å². The van der Waals surface area contributed by atoms with E-state index in [9.17, 15) is 13.6 Å². The number of thiocarbonyl (C=S) groups is 1. The average Bonchev–Trinajstić information content (AvgIpc) is 2.50. The third kappa shape index (κ3) is 5.85. The van der Waals surface area contributed by atoms with Crippen LogP contribution < -0.4 is 5.32 Å². The molecule has 0 aromatic heterocycles. The highest BCUT2D eigenvalue weighted by Crippen LogP contribution is 2.26. The van der Waals surface area contributed by atoms with Crippen LogP contribution in [0.5, 0.6) is 0 Å². The molecule has 0 radical (unpaired) electrons. The summed E-state index contributed by atoms with van der Waals surface area (Å²) in [7, 11) is 0. The van der Waals surface area contributed by atoms with Crippen molar-refractivity contribution >= 4 is 44.8 Å². The van der Waals surface area contributed by atoms with Gasteiger partial charge in [-0.3, -0.25) is 4.79 Å². The highest BCUT2D eigenvalue weighted by molar-refractivity contribution is 9.10. The highest BCUT2D eigenvalue weighted by atomic mass is 79.9. The van der Waals surface area contributed by atoms with Crippen LogP contribution in [0, 0.1) is 11.6 Å². The van der Waals surface area contributed by atoms with E-state index in [0.717, 1.165) is 6.07 Å². The Labute approximate surface area is 164 Å². The Bertz CT molecular complexity index is 850. The number of amides is 1. The summed E-state index contributed by atoms with van der Waals surface area (Å²) in [6, 6.07) is 7.90. The van der Waals surface area contributed by atoms with Gasteiger partial charge in [-0.25, -0.2) is 8.78 Å². The molecule has 0 atom stereocenters. The van der Waals surface area contributed by atoms with E-state index in [0.29, 0.717) is 15.1 Å². The van der Waals surface area contributed by atoms with Crippen LogP contribution in [0.25, 0.3) is 0 Å². The molecule has 0 aliphatic carbocycles. The number of ether oxygens (including phenoxy) is 1. The van der Waals surface area contributed by atoms with E-state index >= 15 is 0 Å². The molecule has 138 valence electrons. The largest absolute Gasteiger partial charge is 0.481 e. The van der Waals surface area contributed by atoms with Crippen LogP contribution in [0.2, 0.25) is 0 Å². The molecule has 0 fully saturated rings. The summed E-state index contributed by atoms with van der Waals surface area (Å²) in [5.41, 5.74) is 0.310. The Morgan fingerprint density at radius 3 is 2.54 bits per heavy atom. The van der Waals surface area contributed by atoms with Crippen LogP contribution in [-0.4, -0.2) is 16.6 Å². The molecule has 2 aromatic rings. The number of hydrogen-bond acceptors (Lipinski definition) is 3. The van der Waals surface area contributed by atoms with Gasteiger partial charge in [0.05, 0.1) is 5.69 Å². The van der Waals surface area contributed by atoms with E-state index in [1.54, 1.807) is 0 Å². The molecule has 2 aromatic carbocycles. The fourth-order valence-corrected chi connectivity index (χ4v) is 3.04. The molecule has 0 aliphatic rings. The van der Waals surface area contributed by atoms with E-state index in [4.69, 9.17) is 17.0 Å². The smallest absolute Gasteiger partial charge is 0.255 e. The normalized spacial score (nSPS) is 11.2. The van der Waals surface area contributed by atoms with Crippen molar-refractivity contribution in [2.24, 2.45) is 0 Å². The van der Waals surface area contributed by atoms with Crippen molar-refractivity contribution in [1.82, 2.24) is 0 Å². The molecule has 1 N–H and O–H groups in total. The first-order chi connectivity index (χ1) is 12.0. The van der Waals surface area contributed by atoms with Gasteiger partial charge in [0, 0.05) is 16.5 Å². The zero-order chi connectivity index (χ0) is 19.5. The Morgan fingerprint density at radius 1 is 1.23 bits per heavy atom. The summed E-state index contributed by atoms with van der Waals surface area (Å²) < 4.78 is 33.6. The minimum Gasteiger partial charge on any atom is -0.481 e. The second-order valence-electron chi connectivity index (χ2n) is 6.65. The monoisotopic (exact) mass is 441 g/mol. The van der Waals surface area contributed by atoms with E-state index in [-0.39, 0.29) is 17.7 Å². The van der Waals surface area contributed by atoms with Gasteiger partial charge in [0.15, 0.2) is 5.05 Å². The Morgan fingerprint density at radius 2 is 1.92 bits per heavy atom. The van der Waals surface area contributed by atoms with Gasteiger partial charge in [0.1, 0.15) is 17.2 Å². The van der Waals surface area contributed by atoms with Crippen LogP contribution >= 0.6 is 28.1 Å². The molecule has 0 saturated heterocycles. The Hall–Kier alpha value is -1.86. The third-order valence-electron chi connectivity index (χ3n) is 3.23. The number of carbonyl (C=O) groups excluding carboxylic acids is 1. The number of nitrogens with one attached hydrogen (secondary N) is 1. The van der Waals surface area contributed by atoms with Gasteiger partial charge in [-0.1, -0.05) is 22.0 Å². The van der Waals surface area contributed by atoms with Gasteiger partial charge in [-0.05, 0) is 68.9 Å². The van der Waals surface area contributed by atoms with Crippen molar-refractivity contribution in [3.63, 3.8) is 0 Å². The molecule has 0 heterocycles. The van der Waals surface area contributed by atoms with Gasteiger partial charge in [0.2, 0.25) is 0 Å². The van der Waals surface area contributed by atoms with Crippen molar-refractivity contribution < 1.29 is 18.3 Å². The lowest BCUT2D eigenvalue weighted by Gasteiger charge is -2.22. The van der Waals surface area contributed by atoms with Crippen molar-refractivity contribution in [2.75, 3.05) is 5.32 Å². The first-order valence-electron chi connectivity index (χ1n) is 7.82. The molecule has 3 nitrogen and oxygen atoms in total. The van der Waals surface area contributed by atoms with E-state index in [1.165, 1.54) is 30.3 Å². The molecule has 0 bridgehead atoms. The quantitative estimate of drug-likeness (QED) is 0.621. The predicted molar refractivity (Wildman–Crippen MR) is 106 cm³/mol. The fourth-order valence-electron chi connectivity index (χ4n) is 2.18. The summed E-state index contributed by atoms with van der Waals surface area (Å²) in [6.45, 7) is 5.64. The maximum atomic E-state index is 14.2. The maximum absolute atomic E-state index is 14.2. The zero-order valence-electron chi connectivity index (χ0n) is 14.5. The molecule has 1 amide bonds. The lowest BCUT2D eigenvalue weighted by molar-refractivity contribution is 0.102. The Balaban J connectivity index is 2.21. The first kappa shape index (κ1) is 20.5. The number of carbonyl (C=O) groups is 1. The van der Waals surface area contributed by atoms with Crippen LogP contribution in [0.4, 0.5) is 14.5 Å². The molecule has 0 unspecified atom stereocenters. The second kappa shape index (κ2) is 8.22. The van der Waals surface area contributed by atoms with Crippen LogP contribution in [0.15, 0.2) is 40.9 Å². The molecular weight excluding hydrogens is 424 g/mol. The second-order valence-corrected chi connectivity index (χ2v) is 7.96. The number of anilines is 1. The third-order valence-corrected chi connectivity index (χ3v) is 4.19. The number of halogens is 3. The molecule has 0 saturated carbocycles. The lowest BCUT2D eigenvalue weighted by Crippen LogP contribution is -2.24. The van der Waals surface area contributed by atoms with Gasteiger partial charge in [-0.2, -0.15) is 0 Å². The fraction of sp³-hybridized carbons (Fsp3) is 0.263. The minimum atomic E-state index is -0.618. The first-order valence-corrected chi connectivity index (χ1v) is 9.02. The molecule has 0 aliphatic heterocycles. The summed E-state index contributed by atoms with van der Waals surface area (Å²) in [5, 5.41) is 2.81. The number of rotatable bonds is 4. The van der Waals surface area contributed by atoms with E-state index in [1.807, 2.05) is 20.8 Å². The van der Waals surface area contributed by atoms with Crippen molar-refractivity contribution in [2.45, 2.75) is 32.8 Å². The molecule has 2 rings (SSSR count). The lowest BCUT2D eigenvalue weighted by atomic mass is 10.1. The molecule has 7 heteroatoms. The summed E-state index contributed by atoms with van der Waals surface area (Å²) in [6.07, 6.45) is 0.274. The summed E-state index contributed by atoms with van der Waals surface area (Å²) in [4.78, 5) is 12.2. The van der Waals surface area contributed by atoms with Gasteiger partial charge in [-0.15, -0.1) is 0 Å². The standard InChI is InChI=1S/C19H18BrF2NO2S/c1-19(2,3)25-17(26)9-12-8-16(15(22)10-14(12)20)23-18(24)11-5-4-6-13(21)7-11/h4-8,10H,9H2,1-3H3,(H,23,24). The minimum absolute atomic E-state index is 0.0176. The summed E-state index contributed by atoms with van der Waals surface area (Å²) in [5.74, 6) is -1.77. The van der Waals surface area contributed by atoms with Crippen LogP contribution in [-0.2, 0) is 11.2 Å². The molecular formula is C19H18BrF2NO2S. The predicted octanol–water partition coefficient (Wildman–Crippen LogP) is 5.66.